The van der Waals surface area contributed by atoms with Crippen molar-refractivity contribution < 1.29 is 14.7 Å². The maximum absolute atomic E-state index is 12.3. The first-order chi connectivity index (χ1) is 14.3. The molecule has 6 heteroatoms. The van der Waals surface area contributed by atoms with Crippen LogP contribution in [0, 0.1) is 5.41 Å². The number of nitrogens with zero attached hydrogens (tertiary/aromatic N) is 2. The van der Waals surface area contributed by atoms with Crippen LogP contribution >= 0.6 is 0 Å². The Balaban J connectivity index is 2.15. The van der Waals surface area contributed by atoms with E-state index < -0.39 is 11.4 Å². The van der Waals surface area contributed by atoms with Crippen molar-refractivity contribution in [2.24, 2.45) is 11.1 Å². The van der Waals surface area contributed by atoms with Gasteiger partial charge < -0.3 is 10.8 Å². The number of hydrogen-bond acceptors (Lipinski definition) is 5. The van der Waals surface area contributed by atoms with Crippen molar-refractivity contribution in [1.29, 1.82) is 0 Å². The van der Waals surface area contributed by atoms with Crippen molar-refractivity contribution in [3.05, 3.63) is 83.6 Å². The van der Waals surface area contributed by atoms with E-state index in [-0.39, 0.29) is 11.1 Å². The molecule has 3 aromatic rings. The highest BCUT2D eigenvalue weighted by atomic mass is 16.4. The van der Waals surface area contributed by atoms with Crippen molar-refractivity contribution >= 4 is 28.3 Å². The van der Waals surface area contributed by atoms with Crippen LogP contribution in [-0.4, -0.2) is 27.0 Å². The summed E-state index contributed by atoms with van der Waals surface area (Å²) in [7, 11) is 0. The molecule has 1 aromatic heterocycles. The van der Waals surface area contributed by atoms with E-state index in [2.05, 4.69) is 9.97 Å². The summed E-state index contributed by atoms with van der Waals surface area (Å²) in [6.45, 7) is 3.49. The third-order valence-electron chi connectivity index (χ3n) is 5.31. The van der Waals surface area contributed by atoms with Gasteiger partial charge in [-0.1, -0.05) is 50.2 Å². The van der Waals surface area contributed by atoms with E-state index >= 15 is 0 Å². The Morgan fingerprint density at radius 1 is 1.07 bits per heavy atom. The number of benzene rings is 2. The van der Waals surface area contributed by atoms with Crippen LogP contribution in [0.1, 0.15) is 19.4 Å². The zero-order chi connectivity index (χ0) is 21.5. The quantitative estimate of drug-likeness (QED) is 0.652. The predicted octanol–water partition coefficient (Wildman–Crippen LogP) is 3.78. The van der Waals surface area contributed by atoms with Gasteiger partial charge in [-0.15, -0.1) is 0 Å². The van der Waals surface area contributed by atoms with E-state index in [4.69, 9.17) is 5.73 Å². The first kappa shape index (κ1) is 19.3. The summed E-state index contributed by atoms with van der Waals surface area (Å²) in [6.07, 6.45) is 6.56. The maximum atomic E-state index is 12.3. The Morgan fingerprint density at radius 2 is 1.70 bits per heavy atom. The van der Waals surface area contributed by atoms with E-state index in [1.165, 1.54) is 6.33 Å². The van der Waals surface area contributed by atoms with Crippen molar-refractivity contribution in [2.75, 3.05) is 0 Å². The topological polar surface area (TPSA) is 106 Å². The highest BCUT2D eigenvalue weighted by molar-refractivity contribution is 6.13. The lowest BCUT2D eigenvalue weighted by molar-refractivity contribution is -0.132. The lowest BCUT2D eigenvalue weighted by Crippen LogP contribution is -2.26. The van der Waals surface area contributed by atoms with E-state index in [0.717, 1.165) is 21.9 Å². The second kappa shape index (κ2) is 7.10. The smallest absolute Gasteiger partial charge is 0.337 e. The van der Waals surface area contributed by atoms with E-state index in [1.807, 2.05) is 42.3 Å². The van der Waals surface area contributed by atoms with E-state index in [1.54, 1.807) is 32.3 Å². The van der Waals surface area contributed by atoms with Crippen molar-refractivity contribution in [1.82, 2.24) is 9.97 Å². The molecule has 0 amide bonds. The fourth-order valence-corrected chi connectivity index (χ4v) is 4.04. The van der Waals surface area contributed by atoms with Gasteiger partial charge in [0.1, 0.15) is 12.3 Å². The molecule has 0 unspecified atom stereocenters. The van der Waals surface area contributed by atoms with Crippen LogP contribution in [0.5, 0.6) is 0 Å². The molecule has 0 atom stereocenters. The second-order valence-corrected chi connectivity index (χ2v) is 7.69. The van der Waals surface area contributed by atoms with Gasteiger partial charge in [-0.3, -0.25) is 0 Å². The molecule has 30 heavy (non-hydrogen) atoms. The van der Waals surface area contributed by atoms with Gasteiger partial charge in [0.05, 0.1) is 11.1 Å². The van der Waals surface area contributed by atoms with Crippen LogP contribution < -0.4 is 5.73 Å². The van der Waals surface area contributed by atoms with Crippen molar-refractivity contribution in [2.45, 2.75) is 13.8 Å². The summed E-state index contributed by atoms with van der Waals surface area (Å²) >= 11 is 0. The zero-order valence-electron chi connectivity index (χ0n) is 16.5. The minimum atomic E-state index is -1.22. The molecule has 6 nitrogen and oxygen atoms in total. The van der Waals surface area contributed by atoms with Crippen LogP contribution in [-0.2, 0) is 9.59 Å². The normalized spacial score (nSPS) is 15.7. The molecule has 1 aliphatic carbocycles. The summed E-state index contributed by atoms with van der Waals surface area (Å²) in [5.74, 6) is 0.631. The van der Waals surface area contributed by atoms with Crippen LogP contribution in [0.2, 0.25) is 0 Å². The number of aliphatic carboxylic acids is 1. The number of nitrogens with two attached hydrogens (primary N) is 1. The fourth-order valence-electron chi connectivity index (χ4n) is 4.04. The van der Waals surface area contributed by atoms with Crippen LogP contribution in [0.15, 0.2) is 78.0 Å². The van der Waals surface area contributed by atoms with Crippen LogP contribution in [0.4, 0.5) is 0 Å². The summed E-state index contributed by atoms with van der Waals surface area (Å²) in [4.78, 5) is 32.3. The summed E-state index contributed by atoms with van der Waals surface area (Å²) in [5.41, 5.74) is 8.36. The molecule has 148 valence electrons. The number of carboxylic acids is 1. The summed E-state index contributed by atoms with van der Waals surface area (Å²) < 4.78 is 0. The Labute approximate surface area is 173 Å². The predicted molar refractivity (Wildman–Crippen MR) is 115 cm³/mol. The molecular weight excluding hydrogens is 378 g/mol. The Hall–Kier alpha value is -4.02. The Morgan fingerprint density at radius 3 is 2.30 bits per heavy atom. The molecule has 2 aromatic carbocycles. The number of fused-ring (bicyclic) bond motifs is 1. The van der Waals surface area contributed by atoms with Crippen molar-refractivity contribution in [3.8, 4) is 11.1 Å². The molecule has 0 saturated heterocycles. The minimum absolute atomic E-state index is 0.0664. The second-order valence-electron chi connectivity index (χ2n) is 7.69. The molecule has 4 rings (SSSR count). The minimum Gasteiger partial charge on any atom is -0.478 e. The van der Waals surface area contributed by atoms with Gasteiger partial charge in [0.25, 0.3) is 0 Å². The van der Waals surface area contributed by atoms with Crippen LogP contribution in [0.25, 0.3) is 27.5 Å². The van der Waals surface area contributed by atoms with Crippen LogP contribution in [0.3, 0.4) is 0 Å². The highest BCUT2D eigenvalue weighted by Gasteiger charge is 2.37. The standard InChI is InChI=1S/C24H19N3O3/c1-24(2)9-19(25)21(22(23(29)30)18(24)12-28)17-8-4-6-14-5-3-7-16(20(14)17)15-10-26-13-27-11-15/h3-11,13H,25H2,1-2H3,(H,29,30). The number of carbonyl (C=O) groups excluding carboxylic acids is 1. The lowest BCUT2D eigenvalue weighted by atomic mass is 9.72. The van der Waals surface area contributed by atoms with E-state index in [0.29, 0.717) is 16.8 Å². The number of rotatable bonds is 3. The van der Waals surface area contributed by atoms with Gasteiger partial charge in [0.2, 0.25) is 0 Å². The molecule has 1 heterocycles. The molecule has 0 fully saturated rings. The molecule has 1 aliphatic rings. The number of carbonyl (C=O) groups is 1. The van der Waals surface area contributed by atoms with Gasteiger partial charge in [-0.25, -0.2) is 19.6 Å². The third-order valence-corrected chi connectivity index (χ3v) is 5.31. The monoisotopic (exact) mass is 397 g/mol. The number of carboxylic acid groups (broad SMARTS) is 1. The van der Waals surface area contributed by atoms with Gasteiger partial charge >= 0.3 is 5.97 Å². The van der Waals surface area contributed by atoms with E-state index in [9.17, 15) is 14.7 Å². The maximum Gasteiger partial charge on any atom is 0.337 e. The molecule has 0 radical (unpaired) electrons. The molecule has 0 aliphatic heterocycles. The summed E-state index contributed by atoms with van der Waals surface area (Å²) in [6, 6.07) is 11.4. The molecular formula is C24H19N3O3. The number of aromatic nitrogens is 2. The average Bonchev–Trinajstić information content (AvgIpc) is 2.72. The fraction of sp³-hybridized carbons (Fsp3) is 0.125. The lowest BCUT2D eigenvalue weighted by Gasteiger charge is -2.30. The first-order valence-corrected chi connectivity index (χ1v) is 9.35. The first-order valence-electron chi connectivity index (χ1n) is 9.35. The van der Waals surface area contributed by atoms with Crippen molar-refractivity contribution in [3.63, 3.8) is 0 Å². The molecule has 3 N–H and O–H groups in total. The average molecular weight is 397 g/mol. The van der Waals surface area contributed by atoms with Gasteiger partial charge in [-0.2, -0.15) is 0 Å². The molecule has 0 spiro atoms. The van der Waals surface area contributed by atoms with Gasteiger partial charge in [0.15, 0.2) is 0 Å². The van der Waals surface area contributed by atoms with Gasteiger partial charge in [0, 0.05) is 34.6 Å². The number of allylic oxidation sites excluding steroid dienone is 2. The Kier molecular flexibility index (Phi) is 4.57. The summed E-state index contributed by atoms with van der Waals surface area (Å²) in [5, 5.41) is 11.7. The molecule has 0 bridgehead atoms. The third kappa shape index (κ3) is 3.00. The molecule has 0 saturated carbocycles. The largest absolute Gasteiger partial charge is 0.478 e. The Bertz CT molecular complexity index is 1290. The zero-order valence-corrected chi connectivity index (χ0v) is 16.5. The highest BCUT2D eigenvalue weighted by Crippen LogP contribution is 2.45. The van der Waals surface area contributed by atoms with Gasteiger partial charge in [-0.05, 0) is 28.0 Å². The number of hydrogen-bond donors (Lipinski definition) is 2. The SMILES string of the molecule is CC1(C)C=C(N)C(c2cccc3cccc(-c4cncnc4)c23)=C(C(=O)O)C1=C=O.